The Bertz CT molecular complexity index is 696. The highest BCUT2D eigenvalue weighted by atomic mass is 16.4. The summed E-state index contributed by atoms with van der Waals surface area (Å²) in [6, 6.07) is 5.10. The first-order valence-corrected chi connectivity index (χ1v) is 6.90. The van der Waals surface area contributed by atoms with Crippen LogP contribution in [0.1, 0.15) is 30.1 Å². The standard InChI is InChI=1S/C14H16N4O3/c1-8-6-10(14(20)21)4-5-18(8)13(19)9-2-3-11-12(7-9)16-17-15-11/h2-3,7-8,10H,4-6H2,1H3,(H,20,21)(H,15,16,17). The Morgan fingerprint density at radius 2 is 2.10 bits per heavy atom. The number of likely N-dealkylation sites (tertiary alicyclic amines) is 1. The third-order valence-electron chi connectivity index (χ3n) is 4.05. The quantitative estimate of drug-likeness (QED) is 0.867. The fraction of sp³-hybridized carbons (Fsp3) is 0.429. The van der Waals surface area contributed by atoms with Crippen LogP contribution in [0.2, 0.25) is 0 Å². The van der Waals surface area contributed by atoms with Gasteiger partial charge in [-0.1, -0.05) is 0 Å². The van der Waals surface area contributed by atoms with Gasteiger partial charge in [-0.3, -0.25) is 9.59 Å². The van der Waals surface area contributed by atoms with E-state index in [1.165, 1.54) is 0 Å². The van der Waals surface area contributed by atoms with E-state index in [1.807, 2.05) is 6.92 Å². The first-order chi connectivity index (χ1) is 10.1. The molecule has 1 aromatic carbocycles. The predicted octanol–water partition coefficient (Wildman–Crippen LogP) is 1.28. The number of H-pyrrole nitrogens is 1. The average molecular weight is 288 g/mol. The van der Waals surface area contributed by atoms with Crippen molar-refractivity contribution in [2.75, 3.05) is 6.54 Å². The lowest BCUT2D eigenvalue weighted by Gasteiger charge is -2.36. The molecule has 3 rings (SSSR count). The van der Waals surface area contributed by atoms with Gasteiger partial charge in [-0.25, -0.2) is 0 Å². The summed E-state index contributed by atoms with van der Waals surface area (Å²) in [5.74, 6) is -1.23. The fourth-order valence-electron chi connectivity index (χ4n) is 2.84. The van der Waals surface area contributed by atoms with Crippen LogP contribution in [-0.2, 0) is 4.79 Å². The number of benzene rings is 1. The molecule has 2 heterocycles. The van der Waals surface area contributed by atoms with Crippen LogP contribution in [0, 0.1) is 5.92 Å². The third kappa shape index (κ3) is 2.46. The number of aliphatic carboxylic acids is 1. The van der Waals surface area contributed by atoms with Crippen molar-refractivity contribution in [2.24, 2.45) is 5.92 Å². The van der Waals surface area contributed by atoms with E-state index in [2.05, 4.69) is 15.4 Å². The van der Waals surface area contributed by atoms with Crippen molar-refractivity contribution in [3.63, 3.8) is 0 Å². The van der Waals surface area contributed by atoms with Gasteiger partial charge < -0.3 is 10.0 Å². The molecule has 0 spiro atoms. The highest BCUT2D eigenvalue weighted by Gasteiger charge is 2.32. The van der Waals surface area contributed by atoms with Crippen molar-refractivity contribution in [2.45, 2.75) is 25.8 Å². The summed E-state index contributed by atoms with van der Waals surface area (Å²) in [7, 11) is 0. The fourth-order valence-corrected chi connectivity index (χ4v) is 2.84. The smallest absolute Gasteiger partial charge is 0.306 e. The molecule has 7 nitrogen and oxygen atoms in total. The summed E-state index contributed by atoms with van der Waals surface area (Å²) in [6.07, 6.45) is 0.991. The predicted molar refractivity (Wildman–Crippen MR) is 74.7 cm³/mol. The largest absolute Gasteiger partial charge is 0.481 e. The van der Waals surface area contributed by atoms with Crippen molar-refractivity contribution < 1.29 is 14.7 Å². The highest BCUT2D eigenvalue weighted by molar-refractivity contribution is 5.97. The van der Waals surface area contributed by atoms with Crippen molar-refractivity contribution in [1.82, 2.24) is 20.3 Å². The minimum Gasteiger partial charge on any atom is -0.481 e. The number of hydrogen-bond acceptors (Lipinski definition) is 4. The minimum atomic E-state index is -0.780. The van der Waals surface area contributed by atoms with Gasteiger partial charge in [-0.2, -0.15) is 15.4 Å². The first kappa shape index (κ1) is 13.5. The number of carbonyl (C=O) groups is 2. The lowest BCUT2D eigenvalue weighted by molar-refractivity contribution is -0.143. The Morgan fingerprint density at radius 3 is 2.81 bits per heavy atom. The van der Waals surface area contributed by atoms with E-state index < -0.39 is 5.97 Å². The molecule has 0 saturated carbocycles. The molecule has 1 amide bonds. The zero-order valence-corrected chi connectivity index (χ0v) is 11.6. The van der Waals surface area contributed by atoms with Gasteiger partial charge in [0.05, 0.1) is 5.92 Å². The summed E-state index contributed by atoms with van der Waals surface area (Å²) in [6.45, 7) is 2.36. The molecule has 0 bridgehead atoms. The maximum Gasteiger partial charge on any atom is 0.306 e. The molecule has 1 aliphatic rings. The second-order valence-electron chi connectivity index (χ2n) is 5.43. The summed E-state index contributed by atoms with van der Waals surface area (Å²) >= 11 is 0. The van der Waals surface area contributed by atoms with Gasteiger partial charge in [-0.05, 0) is 38.0 Å². The molecule has 2 unspecified atom stereocenters. The van der Waals surface area contributed by atoms with Gasteiger partial charge in [0.2, 0.25) is 0 Å². The van der Waals surface area contributed by atoms with Crippen LogP contribution >= 0.6 is 0 Å². The van der Waals surface area contributed by atoms with Crippen LogP contribution in [0.15, 0.2) is 18.2 Å². The molecule has 2 atom stereocenters. The molecule has 0 radical (unpaired) electrons. The Labute approximate surface area is 120 Å². The number of rotatable bonds is 2. The number of nitrogens with zero attached hydrogens (tertiary/aromatic N) is 3. The van der Waals surface area contributed by atoms with Gasteiger partial charge in [-0.15, -0.1) is 0 Å². The Morgan fingerprint density at radius 1 is 1.33 bits per heavy atom. The Balaban J connectivity index is 1.80. The Hall–Kier alpha value is -2.44. The van der Waals surface area contributed by atoms with Crippen LogP contribution in [0.3, 0.4) is 0 Å². The number of fused-ring (bicyclic) bond motifs is 1. The zero-order valence-electron chi connectivity index (χ0n) is 11.6. The number of amides is 1. The molecule has 1 aromatic heterocycles. The lowest BCUT2D eigenvalue weighted by Crippen LogP contribution is -2.46. The molecular formula is C14H16N4O3. The number of hydrogen-bond donors (Lipinski definition) is 2. The molecular weight excluding hydrogens is 272 g/mol. The molecule has 7 heteroatoms. The molecule has 2 aromatic rings. The second kappa shape index (κ2) is 5.16. The van der Waals surface area contributed by atoms with E-state index in [9.17, 15) is 9.59 Å². The van der Waals surface area contributed by atoms with Crippen LogP contribution in [0.4, 0.5) is 0 Å². The summed E-state index contributed by atoms with van der Waals surface area (Å²) < 4.78 is 0. The number of nitrogens with one attached hydrogen (secondary N) is 1. The monoisotopic (exact) mass is 288 g/mol. The van der Waals surface area contributed by atoms with Gasteiger partial charge in [0.25, 0.3) is 5.91 Å². The molecule has 110 valence electrons. The SMILES string of the molecule is CC1CC(C(=O)O)CCN1C(=O)c1ccc2n[nH]nc2c1. The minimum absolute atomic E-state index is 0.0830. The van der Waals surface area contributed by atoms with Crippen molar-refractivity contribution in [3.05, 3.63) is 23.8 Å². The maximum atomic E-state index is 12.6. The van der Waals surface area contributed by atoms with Gasteiger partial charge in [0.15, 0.2) is 0 Å². The van der Waals surface area contributed by atoms with E-state index in [0.29, 0.717) is 36.0 Å². The number of carbonyl (C=O) groups excluding carboxylic acids is 1. The molecule has 1 aliphatic heterocycles. The van der Waals surface area contributed by atoms with Crippen LogP contribution in [0.5, 0.6) is 0 Å². The van der Waals surface area contributed by atoms with Crippen LogP contribution in [-0.4, -0.2) is 49.9 Å². The van der Waals surface area contributed by atoms with E-state index in [1.54, 1.807) is 23.1 Å². The van der Waals surface area contributed by atoms with Crippen molar-refractivity contribution >= 4 is 22.9 Å². The lowest BCUT2D eigenvalue weighted by atomic mass is 9.91. The van der Waals surface area contributed by atoms with Gasteiger partial charge >= 0.3 is 5.97 Å². The van der Waals surface area contributed by atoms with Gasteiger partial charge in [0.1, 0.15) is 11.0 Å². The van der Waals surface area contributed by atoms with Crippen molar-refractivity contribution in [1.29, 1.82) is 0 Å². The molecule has 1 saturated heterocycles. The highest BCUT2D eigenvalue weighted by Crippen LogP contribution is 2.25. The number of carboxylic acids is 1. The van der Waals surface area contributed by atoms with Crippen LogP contribution < -0.4 is 0 Å². The second-order valence-corrected chi connectivity index (χ2v) is 5.43. The number of aromatic nitrogens is 3. The Kier molecular flexibility index (Phi) is 3.32. The molecule has 2 N–H and O–H groups in total. The van der Waals surface area contributed by atoms with Gasteiger partial charge in [0, 0.05) is 18.2 Å². The number of carboxylic acid groups (broad SMARTS) is 1. The van der Waals surface area contributed by atoms with E-state index >= 15 is 0 Å². The van der Waals surface area contributed by atoms with E-state index in [4.69, 9.17) is 5.11 Å². The zero-order chi connectivity index (χ0) is 15.0. The van der Waals surface area contributed by atoms with E-state index in [-0.39, 0.29) is 17.9 Å². The normalized spacial score (nSPS) is 22.4. The maximum absolute atomic E-state index is 12.6. The number of piperidine rings is 1. The summed E-state index contributed by atoms with van der Waals surface area (Å²) in [5.41, 5.74) is 1.91. The molecule has 21 heavy (non-hydrogen) atoms. The molecule has 1 fully saturated rings. The van der Waals surface area contributed by atoms with E-state index in [0.717, 1.165) is 0 Å². The number of aromatic amines is 1. The average Bonchev–Trinajstić information content (AvgIpc) is 2.93. The first-order valence-electron chi connectivity index (χ1n) is 6.90. The summed E-state index contributed by atoms with van der Waals surface area (Å²) in [5, 5.41) is 19.5. The summed E-state index contributed by atoms with van der Waals surface area (Å²) in [4.78, 5) is 25.4. The third-order valence-corrected chi connectivity index (χ3v) is 4.05. The van der Waals surface area contributed by atoms with Crippen LogP contribution in [0.25, 0.3) is 11.0 Å². The topological polar surface area (TPSA) is 99.2 Å². The molecule has 0 aliphatic carbocycles. The van der Waals surface area contributed by atoms with Crippen molar-refractivity contribution in [3.8, 4) is 0 Å².